The molecule has 0 bridgehead atoms. The van der Waals surface area contributed by atoms with E-state index in [0.29, 0.717) is 31.1 Å². The van der Waals surface area contributed by atoms with E-state index in [9.17, 15) is 13.2 Å². The fourth-order valence-corrected chi connectivity index (χ4v) is 4.70. The van der Waals surface area contributed by atoms with Crippen molar-refractivity contribution in [2.45, 2.75) is 19.8 Å². The first-order valence-electron chi connectivity index (χ1n) is 8.40. The van der Waals surface area contributed by atoms with Gasteiger partial charge in [-0.2, -0.15) is 4.31 Å². The van der Waals surface area contributed by atoms with Crippen LogP contribution in [0.4, 0.5) is 5.13 Å². The lowest BCUT2D eigenvalue weighted by molar-refractivity contribution is -0.120. The van der Waals surface area contributed by atoms with Crippen LogP contribution in [-0.2, 0) is 14.8 Å². The van der Waals surface area contributed by atoms with E-state index < -0.39 is 10.0 Å². The first-order chi connectivity index (χ1) is 12.4. The van der Waals surface area contributed by atoms with Gasteiger partial charge in [0.05, 0.1) is 0 Å². The van der Waals surface area contributed by atoms with Crippen LogP contribution < -0.4 is 5.32 Å². The summed E-state index contributed by atoms with van der Waals surface area (Å²) >= 11 is 1.43. The van der Waals surface area contributed by atoms with Gasteiger partial charge in [-0.05, 0) is 31.4 Å². The molecule has 0 radical (unpaired) electrons. The maximum atomic E-state index is 12.5. The Morgan fingerprint density at radius 3 is 2.58 bits per heavy atom. The minimum absolute atomic E-state index is 0.0868. The predicted molar refractivity (Wildman–Crippen MR) is 104 cm³/mol. The maximum Gasteiger partial charge on any atom is 0.236 e. The Balaban J connectivity index is 1.55. The second-order valence-corrected chi connectivity index (χ2v) is 9.25. The van der Waals surface area contributed by atoms with E-state index in [0.717, 1.165) is 10.4 Å². The molecular formula is C18H21N3O3S2. The summed E-state index contributed by atoms with van der Waals surface area (Å²) in [5, 5.41) is 4.65. The molecule has 1 amide bonds. The van der Waals surface area contributed by atoms with Crippen LogP contribution in [0.25, 0.3) is 6.08 Å². The molecule has 1 aromatic heterocycles. The second-order valence-electron chi connectivity index (χ2n) is 6.20. The molecule has 1 N–H and O–H groups in total. The molecular weight excluding hydrogens is 370 g/mol. The number of benzene rings is 1. The summed E-state index contributed by atoms with van der Waals surface area (Å²) in [5.41, 5.74) is 0.837. The molecule has 138 valence electrons. The van der Waals surface area contributed by atoms with Crippen LogP contribution in [0.15, 0.2) is 41.9 Å². The van der Waals surface area contributed by atoms with Gasteiger partial charge in [0, 0.05) is 35.5 Å². The van der Waals surface area contributed by atoms with Gasteiger partial charge in [-0.3, -0.25) is 4.79 Å². The molecule has 8 heteroatoms. The van der Waals surface area contributed by atoms with Gasteiger partial charge in [0.2, 0.25) is 15.9 Å². The monoisotopic (exact) mass is 391 g/mol. The Bertz CT molecular complexity index is 883. The van der Waals surface area contributed by atoms with Gasteiger partial charge in [0.25, 0.3) is 0 Å². The van der Waals surface area contributed by atoms with Crippen molar-refractivity contribution in [2.24, 2.45) is 5.92 Å². The number of sulfonamides is 1. The molecule has 1 aliphatic rings. The highest BCUT2D eigenvalue weighted by Crippen LogP contribution is 2.24. The lowest BCUT2D eigenvalue weighted by Gasteiger charge is -2.29. The van der Waals surface area contributed by atoms with Crippen molar-refractivity contribution in [3.63, 3.8) is 0 Å². The molecule has 26 heavy (non-hydrogen) atoms. The number of hydrogen-bond donors (Lipinski definition) is 1. The van der Waals surface area contributed by atoms with E-state index in [2.05, 4.69) is 10.3 Å². The number of nitrogens with zero attached hydrogens (tertiary/aromatic N) is 2. The molecule has 0 spiro atoms. The van der Waals surface area contributed by atoms with Crippen LogP contribution in [0.1, 0.15) is 23.3 Å². The number of carbonyl (C=O) groups excluding carboxylic acids is 1. The van der Waals surface area contributed by atoms with E-state index in [1.165, 1.54) is 21.1 Å². The van der Waals surface area contributed by atoms with Crippen LogP contribution >= 0.6 is 11.3 Å². The summed E-state index contributed by atoms with van der Waals surface area (Å²) in [4.78, 5) is 17.5. The zero-order chi connectivity index (χ0) is 18.6. The van der Waals surface area contributed by atoms with Crippen LogP contribution in [0.5, 0.6) is 0 Å². The molecule has 3 rings (SSSR count). The number of aromatic nitrogens is 1. The molecule has 0 unspecified atom stereocenters. The molecule has 1 aliphatic heterocycles. The summed E-state index contributed by atoms with van der Waals surface area (Å²) in [6.07, 6.45) is 4.33. The molecule has 1 saturated heterocycles. The highest BCUT2D eigenvalue weighted by atomic mass is 32.2. The molecule has 1 fully saturated rings. The van der Waals surface area contributed by atoms with E-state index in [1.807, 2.05) is 37.3 Å². The van der Waals surface area contributed by atoms with Crippen LogP contribution in [0, 0.1) is 12.8 Å². The van der Waals surface area contributed by atoms with Crippen molar-refractivity contribution in [3.8, 4) is 0 Å². The van der Waals surface area contributed by atoms with E-state index in [4.69, 9.17) is 0 Å². The predicted octanol–water partition coefficient (Wildman–Crippen LogP) is 3.10. The zero-order valence-corrected chi connectivity index (χ0v) is 16.1. The number of anilines is 1. The Morgan fingerprint density at radius 1 is 1.27 bits per heavy atom. The summed E-state index contributed by atoms with van der Waals surface area (Å²) < 4.78 is 26.4. The summed E-state index contributed by atoms with van der Waals surface area (Å²) in [5.74, 6) is -0.278. The average molecular weight is 392 g/mol. The Hall–Kier alpha value is -2.03. The first-order valence-corrected chi connectivity index (χ1v) is 10.7. The maximum absolute atomic E-state index is 12.5. The van der Waals surface area contributed by atoms with Crippen molar-refractivity contribution < 1.29 is 13.2 Å². The third-order valence-corrected chi connectivity index (χ3v) is 6.66. The molecule has 2 aromatic rings. The van der Waals surface area contributed by atoms with Gasteiger partial charge >= 0.3 is 0 Å². The zero-order valence-electron chi connectivity index (χ0n) is 14.5. The minimum atomic E-state index is -3.48. The van der Waals surface area contributed by atoms with Gasteiger partial charge in [0.15, 0.2) is 5.13 Å². The minimum Gasteiger partial charge on any atom is -0.302 e. The van der Waals surface area contributed by atoms with Gasteiger partial charge in [0.1, 0.15) is 0 Å². The molecule has 0 atom stereocenters. The topological polar surface area (TPSA) is 79.4 Å². The number of hydrogen-bond acceptors (Lipinski definition) is 5. The number of piperidine rings is 1. The van der Waals surface area contributed by atoms with E-state index >= 15 is 0 Å². The van der Waals surface area contributed by atoms with Crippen molar-refractivity contribution in [1.82, 2.24) is 9.29 Å². The number of aryl methyl sites for hydroxylation is 1. The highest BCUT2D eigenvalue weighted by molar-refractivity contribution is 7.92. The second kappa shape index (κ2) is 8.11. The van der Waals surface area contributed by atoms with Crippen LogP contribution in [0.3, 0.4) is 0 Å². The lowest BCUT2D eigenvalue weighted by atomic mass is 9.97. The third-order valence-electron chi connectivity index (χ3n) is 4.27. The highest BCUT2D eigenvalue weighted by Gasteiger charge is 2.30. The third kappa shape index (κ3) is 4.78. The van der Waals surface area contributed by atoms with Crippen molar-refractivity contribution in [1.29, 1.82) is 0 Å². The van der Waals surface area contributed by atoms with E-state index in [-0.39, 0.29) is 11.8 Å². The first kappa shape index (κ1) is 18.8. The molecule has 1 aromatic carbocycles. The summed E-state index contributed by atoms with van der Waals surface area (Å²) in [7, 11) is -3.48. The molecule has 2 heterocycles. The summed E-state index contributed by atoms with van der Waals surface area (Å²) in [6.45, 7) is 2.62. The molecule has 0 aliphatic carbocycles. The van der Waals surface area contributed by atoms with Gasteiger partial charge in [-0.1, -0.05) is 30.3 Å². The normalized spacial score (nSPS) is 16.8. The number of carbonyl (C=O) groups is 1. The largest absolute Gasteiger partial charge is 0.302 e. The Kier molecular flexibility index (Phi) is 5.85. The van der Waals surface area contributed by atoms with Gasteiger partial charge < -0.3 is 5.32 Å². The fourth-order valence-electron chi connectivity index (χ4n) is 2.81. The van der Waals surface area contributed by atoms with Crippen LogP contribution in [-0.4, -0.2) is 36.7 Å². The van der Waals surface area contributed by atoms with Gasteiger partial charge in [-0.25, -0.2) is 13.4 Å². The van der Waals surface area contributed by atoms with Crippen molar-refractivity contribution in [2.75, 3.05) is 18.4 Å². The number of thiazole rings is 1. The summed E-state index contributed by atoms with van der Waals surface area (Å²) in [6, 6.07) is 9.31. The fraction of sp³-hybridized carbons (Fsp3) is 0.333. The number of amides is 1. The molecule has 6 nitrogen and oxygen atoms in total. The van der Waals surface area contributed by atoms with Gasteiger partial charge in [-0.15, -0.1) is 11.3 Å². The SMILES string of the molecule is Cc1cnc(NC(=O)C2CCN(S(=O)(=O)/C=C/c3ccccc3)CC2)s1. The standard InChI is InChI=1S/C18H21N3O3S2/c1-14-13-19-18(25-14)20-17(22)16-7-10-21(11-8-16)26(23,24)12-9-15-5-3-2-4-6-15/h2-6,9,12-13,16H,7-8,10-11H2,1H3,(H,19,20,22)/b12-9+. The van der Waals surface area contributed by atoms with Crippen LogP contribution in [0.2, 0.25) is 0 Å². The quantitative estimate of drug-likeness (QED) is 0.849. The number of nitrogens with one attached hydrogen (secondary N) is 1. The Morgan fingerprint density at radius 2 is 1.96 bits per heavy atom. The smallest absolute Gasteiger partial charge is 0.236 e. The van der Waals surface area contributed by atoms with E-state index in [1.54, 1.807) is 12.3 Å². The lowest BCUT2D eigenvalue weighted by Crippen LogP contribution is -2.40. The molecule has 0 saturated carbocycles. The Labute approximate surface area is 157 Å². The average Bonchev–Trinajstić information content (AvgIpc) is 3.06. The van der Waals surface area contributed by atoms with Crippen molar-refractivity contribution >= 4 is 38.5 Å². The number of rotatable bonds is 5. The van der Waals surface area contributed by atoms with Crippen molar-refractivity contribution in [3.05, 3.63) is 52.4 Å².